The second kappa shape index (κ2) is 7.83. The highest BCUT2D eigenvalue weighted by Crippen LogP contribution is 2.38. The molecule has 5 rings (SSSR count). The van der Waals surface area contributed by atoms with Crippen molar-refractivity contribution in [2.24, 2.45) is 11.0 Å². The number of rotatable bonds is 4. The normalized spacial score (nSPS) is 17.3. The summed E-state index contributed by atoms with van der Waals surface area (Å²) in [7, 11) is 3.97. The molecule has 1 saturated carbocycles. The van der Waals surface area contributed by atoms with Crippen LogP contribution in [0.4, 0.5) is 4.39 Å². The molecule has 160 valence electrons. The Morgan fingerprint density at radius 3 is 2.67 bits per heavy atom. The van der Waals surface area contributed by atoms with Gasteiger partial charge in [-0.05, 0) is 39.1 Å². The summed E-state index contributed by atoms with van der Waals surface area (Å²) in [5.74, 6) is -0.623. The van der Waals surface area contributed by atoms with Gasteiger partial charge in [0.1, 0.15) is 5.82 Å². The summed E-state index contributed by atoms with van der Waals surface area (Å²) in [6.45, 7) is 6.23. The van der Waals surface area contributed by atoms with Crippen molar-refractivity contribution in [3.05, 3.63) is 34.8 Å². The number of hydrogen-bond acceptors (Lipinski definition) is 4. The molecule has 1 aliphatic carbocycles. The molecule has 0 bridgehead atoms. The van der Waals surface area contributed by atoms with Crippen LogP contribution in [-0.4, -0.2) is 59.1 Å². The minimum Gasteiger partial charge on any atom is -0.341 e. The number of halogens is 1. The molecule has 0 saturated heterocycles. The number of nitrogens with zero attached hydrogens (tertiary/aromatic N) is 4. The molecule has 1 fully saturated rings. The monoisotopic (exact) mass is 413 g/mol. The van der Waals surface area contributed by atoms with Gasteiger partial charge < -0.3 is 14.4 Å². The van der Waals surface area contributed by atoms with Crippen LogP contribution < -0.4 is 5.43 Å². The smallest absolute Gasteiger partial charge is 0.272 e. The molecule has 3 heterocycles. The number of hydrazone groups is 1. The Morgan fingerprint density at radius 1 is 1.27 bits per heavy atom. The first-order chi connectivity index (χ1) is 14.4. The summed E-state index contributed by atoms with van der Waals surface area (Å²) in [5, 5.41) is 5.04. The predicted molar refractivity (Wildman–Crippen MR) is 114 cm³/mol. The van der Waals surface area contributed by atoms with Crippen molar-refractivity contribution in [1.82, 2.24) is 19.8 Å². The van der Waals surface area contributed by atoms with Gasteiger partial charge in [-0.15, -0.1) is 0 Å². The van der Waals surface area contributed by atoms with E-state index in [1.807, 2.05) is 32.8 Å². The molecule has 0 spiro atoms. The minimum atomic E-state index is -0.451. The lowest BCUT2D eigenvalue weighted by atomic mass is 9.98. The van der Waals surface area contributed by atoms with E-state index in [0.29, 0.717) is 36.4 Å². The molecule has 30 heavy (non-hydrogen) atoms. The molecule has 1 aromatic heterocycles. The van der Waals surface area contributed by atoms with Gasteiger partial charge >= 0.3 is 0 Å². The van der Waals surface area contributed by atoms with Gasteiger partial charge in [-0.3, -0.25) is 9.59 Å². The van der Waals surface area contributed by atoms with Crippen LogP contribution in [0, 0.1) is 11.7 Å². The zero-order valence-corrected chi connectivity index (χ0v) is 18.0. The van der Waals surface area contributed by atoms with E-state index in [1.165, 1.54) is 12.1 Å². The van der Waals surface area contributed by atoms with E-state index in [2.05, 4.69) is 20.0 Å². The third-order valence-corrected chi connectivity index (χ3v) is 5.75. The second-order valence-electron chi connectivity index (χ2n) is 8.09. The van der Waals surface area contributed by atoms with E-state index in [4.69, 9.17) is 0 Å². The summed E-state index contributed by atoms with van der Waals surface area (Å²) >= 11 is 0. The lowest BCUT2D eigenvalue weighted by Gasteiger charge is -2.29. The van der Waals surface area contributed by atoms with Crippen LogP contribution in [0.25, 0.3) is 10.9 Å². The summed E-state index contributed by atoms with van der Waals surface area (Å²) in [5.41, 5.74) is 5.99. The van der Waals surface area contributed by atoms with E-state index >= 15 is 0 Å². The predicted octanol–water partition coefficient (Wildman–Crippen LogP) is 2.57. The van der Waals surface area contributed by atoms with Crippen LogP contribution in [0.15, 0.2) is 17.2 Å². The maximum atomic E-state index is 14.4. The largest absolute Gasteiger partial charge is 0.341 e. The topological polar surface area (TPSA) is 69.9 Å². The Balaban J connectivity index is 0.00000106. The van der Waals surface area contributed by atoms with Crippen molar-refractivity contribution < 1.29 is 14.0 Å². The van der Waals surface area contributed by atoms with E-state index < -0.39 is 11.7 Å². The highest BCUT2D eigenvalue weighted by molar-refractivity contribution is 6.22. The summed E-state index contributed by atoms with van der Waals surface area (Å²) in [4.78, 5) is 29.2. The number of nitrogens with one attached hydrogen (secondary N) is 1. The summed E-state index contributed by atoms with van der Waals surface area (Å²) < 4.78 is 16.4. The first-order valence-corrected chi connectivity index (χ1v) is 10.6. The number of carbonyl (C=O) groups is 2. The quantitative estimate of drug-likeness (QED) is 0.838. The lowest BCUT2D eigenvalue weighted by Crippen LogP contribution is -2.41. The third kappa shape index (κ3) is 3.39. The first-order valence-electron chi connectivity index (χ1n) is 10.6. The fraction of sp³-hybridized carbons (Fsp3) is 0.500. The lowest BCUT2D eigenvalue weighted by molar-refractivity contribution is -0.132. The van der Waals surface area contributed by atoms with Crippen LogP contribution in [0.5, 0.6) is 0 Å². The van der Waals surface area contributed by atoms with E-state index in [0.717, 1.165) is 36.0 Å². The molecule has 3 aliphatic rings. The molecule has 2 aliphatic heterocycles. The van der Waals surface area contributed by atoms with Gasteiger partial charge in [-0.25, -0.2) is 9.82 Å². The zero-order chi connectivity index (χ0) is 21.6. The van der Waals surface area contributed by atoms with Crippen molar-refractivity contribution in [3.8, 4) is 0 Å². The van der Waals surface area contributed by atoms with Crippen LogP contribution in [0.2, 0.25) is 0 Å². The first kappa shape index (κ1) is 20.5. The molecule has 2 amide bonds. The number of benzene rings is 1. The molecule has 0 unspecified atom stereocenters. The van der Waals surface area contributed by atoms with Crippen molar-refractivity contribution in [2.75, 3.05) is 27.2 Å². The average Bonchev–Trinajstić information content (AvgIpc) is 3.54. The highest BCUT2D eigenvalue weighted by Gasteiger charge is 2.39. The van der Waals surface area contributed by atoms with E-state index in [-0.39, 0.29) is 11.8 Å². The van der Waals surface area contributed by atoms with Gasteiger partial charge in [-0.2, -0.15) is 5.10 Å². The van der Waals surface area contributed by atoms with Gasteiger partial charge in [-0.1, -0.05) is 13.8 Å². The van der Waals surface area contributed by atoms with Crippen molar-refractivity contribution in [1.29, 1.82) is 0 Å². The number of hydrogen-bond donors (Lipinski definition) is 1. The van der Waals surface area contributed by atoms with Crippen LogP contribution >= 0.6 is 0 Å². The number of likely N-dealkylation sites (N-methyl/N-ethyl adjacent to an activating group) is 1. The molecule has 0 atom stereocenters. The molecule has 7 nitrogen and oxygen atoms in total. The molecule has 0 radical (unpaired) electrons. The average molecular weight is 413 g/mol. The molecule has 1 N–H and O–H groups in total. The van der Waals surface area contributed by atoms with Crippen molar-refractivity contribution in [2.45, 2.75) is 39.8 Å². The zero-order valence-electron chi connectivity index (χ0n) is 18.0. The second-order valence-corrected chi connectivity index (χ2v) is 8.09. The standard InChI is InChI=1S/C20H22FN5O2.C2H6/c1-24(2)5-6-26-15-8-12(21)7-13-17(15)18-14(22-23-19(13)27)9-25(10-16(18)26)20(28)11-3-4-11;1-2/h7-8,11H,3-6,9-10H2,1-2H3,(H,23,27);1-2H3. The van der Waals surface area contributed by atoms with Gasteiger partial charge in [0.05, 0.1) is 29.9 Å². The fourth-order valence-electron chi connectivity index (χ4n) is 4.21. The number of carbonyl (C=O) groups excluding carboxylic acids is 2. The van der Waals surface area contributed by atoms with Gasteiger partial charge in [0.25, 0.3) is 5.91 Å². The molecule has 2 aromatic rings. The van der Waals surface area contributed by atoms with E-state index in [1.54, 1.807) is 0 Å². The van der Waals surface area contributed by atoms with Gasteiger partial charge in [0, 0.05) is 35.7 Å². The molecule has 1 aromatic carbocycles. The Bertz CT molecular complexity index is 1050. The summed E-state index contributed by atoms with van der Waals surface area (Å²) in [6.07, 6.45) is 1.87. The highest BCUT2D eigenvalue weighted by atomic mass is 19.1. The van der Waals surface area contributed by atoms with E-state index in [9.17, 15) is 14.0 Å². The number of aromatic nitrogens is 1. The van der Waals surface area contributed by atoms with Gasteiger partial charge in [0.15, 0.2) is 0 Å². The molecular weight excluding hydrogens is 385 g/mol. The van der Waals surface area contributed by atoms with Crippen LogP contribution in [-0.2, 0) is 17.9 Å². The number of amides is 2. The Labute approximate surface area is 175 Å². The Morgan fingerprint density at radius 2 is 2.00 bits per heavy atom. The maximum absolute atomic E-state index is 14.4. The molecular formula is C22H28FN5O2. The fourth-order valence-corrected chi connectivity index (χ4v) is 4.21. The molecule has 8 heteroatoms. The van der Waals surface area contributed by atoms with Gasteiger partial charge in [0.2, 0.25) is 5.91 Å². The Hall–Kier alpha value is -2.74. The SMILES string of the molecule is CC.CN(C)CCn1c2c3c4c(cc(F)cc41)C(=O)NN=C3CN(C(=O)C1CC1)C2. The maximum Gasteiger partial charge on any atom is 0.272 e. The van der Waals surface area contributed by atoms with Crippen molar-refractivity contribution in [3.63, 3.8) is 0 Å². The van der Waals surface area contributed by atoms with Crippen LogP contribution in [0.3, 0.4) is 0 Å². The van der Waals surface area contributed by atoms with Crippen molar-refractivity contribution >= 4 is 28.4 Å². The minimum absolute atomic E-state index is 0.107. The summed E-state index contributed by atoms with van der Waals surface area (Å²) in [6, 6.07) is 2.75. The van der Waals surface area contributed by atoms with Crippen LogP contribution in [0.1, 0.15) is 48.3 Å². The Kier molecular flexibility index (Phi) is 5.36. The third-order valence-electron chi connectivity index (χ3n) is 5.75.